The van der Waals surface area contributed by atoms with Gasteiger partial charge in [-0.25, -0.2) is 0 Å². The molecule has 2 rings (SSSR count). The zero-order valence-electron chi connectivity index (χ0n) is 10.5. The minimum absolute atomic E-state index is 0. The Labute approximate surface area is 110 Å². The number of nitrogens with one attached hydrogen (secondary N) is 1. The first-order valence-electron chi connectivity index (χ1n) is 6.81. The summed E-state index contributed by atoms with van der Waals surface area (Å²) < 4.78 is 0. The lowest BCUT2D eigenvalue weighted by atomic mass is 9.81. The molecule has 0 aromatic heterocycles. The molecule has 0 saturated heterocycles. The van der Waals surface area contributed by atoms with Crippen LogP contribution in [-0.4, -0.2) is 17.5 Å². The summed E-state index contributed by atoms with van der Waals surface area (Å²) in [5.74, 6) is 0.110. The van der Waals surface area contributed by atoms with Crippen molar-refractivity contribution in [2.75, 3.05) is 0 Å². The molecule has 17 heavy (non-hydrogen) atoms. The Bertz CT molecular complexity index is 246. The Balaban J connectivity index is 0.00000144. The summed E-state index contributed by atoms with van der Waals surface area (Å²) in [6, 6.07) is 0.392. The largest absolute Gasteiger partial charge is 0.352 e. The van der Waals surface area contributed by atoms with E-state index in [-0.39, 0.29) is 18.3 Å². The fraction of sp³-hybridized carbons (Fsp3) is 0.923. The van der Waals surface area contributed by atoms with Crippen molar-refractivity contribution in [3.05, 3.63) is 0 Å². The van der Waals surface area contributed by atoms with Crippen LogP contribution in [0.2, 0.25) is 0 Å². The van der Waals surface area contributed by atoms with Gasteiger partial charge in [0.1, 0.15) is 0 Å². The maximum atomic E-state index is 12.2. The lowest BCUT2D eigenvalue weighted by molar-refractivity contribution is -0.128. The average molecular weight is 261 g/mol. The molecule has 2 saturated carbocycles. The van der Waals surface area contributed by atoms with Gasteiger partial charge in [-0.15, -0.1) is 12.4 Å². The summed E-state index contributed by atoms with van der Waals surface area (Å²) in [5, 5.41) is 3.17. The highest BCUT2D eigenvalue weighted by atomic mass is 35.5. The number of halogens is 1. The number of amides is 1. The van der Waals surface area contributed by atoms with Crippen molar-refractivity contribution in [1.82, 2.24) is 5.32 Å². The summed E-state index contributed by atoms with van der Waals surface area (Å²) in [5.41, 5.74) is 5.65. The van der Waals surface area contributed by atoms with Crippen LogP contribution in [0.25, 0.3) is 0 Å². The van der Waals surface area contributed by atoms with Gasteiger partial charge in [0.25, 0.3) is 0 Å². The number of carbonyl (C=O) groups is 1. The highest BCUT2D eigenvalue weighted by molar-refractivity contribution is 5.86. The zero-order valence-corrected chi connectivity index (χ0v) is 11.4. The quantitative estimate of drug-likeness (QED) is 0.802. The predicted molar refractivity (Wildman–Crippen MR) is 72.3 cm³/mol. The van der Waals surface area contributed by atoms with Gasteiger partial charge >= 0.3 is 0 Å². The summed E-state index contributed by atoms with van der Waals surface area (Å²) >= 11 is 0. The molecular weight excluding hydrogens is 236 g/mol. The third-order valence-corrected chi connectivity index (χ3v) is 4.14. The van der Waals surface area contributed by atoms with Crippen LogP contribution in [0.4, 0.5) is 0 Å². The van der Waals surface area contributed by atoms with Crippen molar-refractivity contribution in [2.24, 2.45) is 5.73 Å². The first-order valence-corrected chi connectivity index (χ1v) is 6.81. The van der Waals surface area contributed by atoms with E-state index in [0.717, 1.165) is 38.5 Å². The van der Waals surface area contributed by atoms with Crippen LogP contribution in [0.3, 0.4) is 0 Å². The molecule has 2 aliphatic carbocycles. The Morgan fingerprint density at radius 2 is 1.53 bits per heavy atom. The van der Waals surface area contributed by atoms with E-state index in [9.17, 15) is 4.79 Å². The SMILES string of the molecule is Cl.NC1(C(=O)NC2CCCCC2)CCCCC1. The second kappa shape index (κ2) is 6.60. The van der Waals surface area contributed by atoms with Gasteiger partial charge in [-0.1, -0.05) is 38.5 Å². The van der Waals surface area contributed by atoms with Crippen LogP contribution in [-0.2, 0) is 4.79 Å². The molecule has 0 spiro atoms. The van der Waals surface area contributed by atoms with E-state index in [0.29, 0.717) is 6.04 Å². The van der Waals surface area contributed by atoms with Crippen molar-refractivity contribution in [1.29, 1.82) is 0 Å². The van der Waals surface area contributed by atoms with Crippen LogP contribution in [0, 0.1) is 0 Å². The molecule has 2 fully saturated rings. The molecule has 100 valence electrons. The molecule has 1 amide bonds. The van der Waals surface area contributed by atoms with Crippen molar-refractivity contribution in [3.63, 3.8) is 0 Å². The maximum Gasteiger partial charge on any atom is 0.240 e. The predicted octanol–water partition coefficient (Wildman–Crippen LogP) is 2.52. The minimum Gasteiger partial charge on any atom is -0.352 e. The van der Waals surface area contributed by atoms with Gasteiger partial charge in [-0.2, -0.15) is 0 Å². The molecule has 0 unspecified atom stereocenters. The Morgan fingerprint density at radius 3 is 2.12 bits per heavy atom. The smallest absolute Gasteiger partial charge is 0.240 e. The normalized spacial score (nSPS) is 24.8. The molecule has 0 aromatic rings. The van der Waals surface area contributed by atoms with Gasteiger partial charge < -0.3 is 11.1 Å². The third-order valence-electron chi connectivity index (χ3n) is 4.14. The summed E-state index contributed by atoms with van der Waals surface area (Å²) in [4.78, 5) is 12.2. The van der Waals surface area contributed by atoms with Gasteiger partial charge in [0.05, 0.1) is 5.54 Å². The third kappa shape index (κ3) is 3.85. The molecule has 0 aliphatic heterocycles. The van der Waals surface area contributed by atoms with Crippen LogP contribution < -0.4 is 11.1 Å². The highest BCUT2D eigenvalue weighted by Crippen LogP contribution is 2.27. The molecular formula is C13H25ClN2O. The summed E-state index contributed by atoms with van der Waals surface area (Å²) in [7, 11) is 0. The molecule has 3 N–H and O–H groups in total. The number of carbonyl (C=O) groups excluding carboxylic acids is 1. The second-order valence-corrected chi connectivity index (χ2v) is 5.53. The van der Waals surface area contributed by atoms with Crippen molar-refractivity contribution in [3.8, 4) is 0 Å². The van der Waals surface area contributed by atoms with E-state index in [1.54, 1.807) is 0 Å². The van der Waals surface area contributed by atoms with Gasteiger partial charge in [-0.05, 0) is 25.7 Å². The van der Waals surface area contributed by atoms with E-state index in [4.69, 9.17) is 5.73 Å². The molecule has 4 heteroatoms. The molecule has 0 heterocycles. The Hall–Kier alpha value is -0.280. The second-order valence-electron chi connectivity index (χ2n) is 5.53. The van der Waals surface area contributed by atoms with Gasteiger partial charge in [-0.3, -0.25) is 4.79 Å². The standard InChI is InChI=1S/C13H24N2O.ClH/c14-13(9-5-2-6-10-13)12(16)15-11-7-3-1-4-8-11;/h11H,1-10,14H2,(H,15,16);1H. The minimum atomic E-state index is -0.560. The molecule has 2 aliphatic rings. The van der Waals surface area contributed by atoms with Crippen molar-refractivity contribution >= 4 is 18.3 Å². The topological polar surface area (TPSA) is 55.1 Å². The zero-order chi connectivity index (χ0) is 11.4. The van der Waals surface area contributed by atoms with Gasteiger partial charge in [0.2, 0.25) is 5.91 Å². The first kappa shape index (κ1) is 14.8. The molecule has 3 nitrogen and oxygen atoms in total. The van der Waals surface area contributed by atoms with E-state index in [1.165, 1.54) is 25.7 Å². The number of hydrogen-bond acceptors (Lipinski definition) is 2. The number of hydrogen-bond donors (Lipinski definition) is 2. The van der Waals surface area contributed by atoms with Crippen molar-refractivity contribution in [2.45, 2.75) is 75.8 Å². The maximum absolute atomic E-state index is 12.2. The average Bonchev–Trinajstić information content (AvgIpc) is 2.31. The Kier molecular flexibility index (Phi) is 5.74. The molecule has 0 radical (unpaired) electrons. The van der Waals surface area contributed by atoms with E-state index in [2.05, 4.69) is 5.32 Å². The molecule has 0 bridgehead atoms. The first-order chi connectivity index (χ1) is 7.71. The number of nitrogens with two attached hydrogens (primary N) is 1. The van der Waals surface area contributed by atoms with Crippen LogP contribution in [0.15, 0.2) is 0 Å². The molecule has 0 aromatic carbocycles. The summed E-state index contributed by atoms with van der Waals surface area (Å²) in [6.45, 7) is 0. The summed E-state index contributed by atoms with van der Waals surface area (Å²) in [6.07, 6.45) is 11.3. The monoisotopic (exact) mass is 260 g/mol. The van der Waals surface area contributed by atoms with Crippen LogP contribution >= 0.6 is 12.4 Å². The lowest BCUT2D eigenvalue weighted by Crippen LogP contribution is -2.57. The Morgan fingerprint density at radius 1 is 1.00 bits per heavy atom. The van der Waals surface area contributed by atoms with Crippen LogP contribution in [0.1, 0.15) is 64.2 Å². The lowest BCUT2D eigenvalue weighted by Gasteiger charge is -2.34. The van der Waals surface area contributed by atoms with Crippen molar-refractivity contribution < 1.29 is 4.79 Å². The van der Waals surface area contributed by atoms with Crippen LogP contribution in [0.5, 0.6) is 0 Å². The van der Waals surface area contributed by atoms with E-state index < -0.39 is 5.54 Å². The van der Waals surface area contributed by atoms with Gasteiger partial charge in [0, 0.05) is 6.04 Å². The molecule has 0 atom stereocenters. The highest BCUT2D eigenvalue weighted by Gasteiger charge is 2.36. The fourth-order valence-corrected chi connectivity index (χ4v) is 2.99. The van der Waals surface area contributed by atoms with E-state index >= 15 is 0 Å². The fourth-order valence-electron chi connectivity index (χ4n) is 2.99. The van der Waals surface area contributed by atoms with E-state index in [1.807, 2.05) is 0 Å². The van der Waals surface area contributed by atoms with Gasteiger partial charge in [0.15, 0.2) is 0 Å². The number of rotatable bonds is 2.